The lowest BCUT2D eigenvalue weighted by molar-refractivity contribution is 0.202. The molecule has 1 aromatic rings. The maximum Gasteiger partial charge on any atom is 0.0637 e. The van der Waals surface area contributed by atoms with Crippen molar-refractivity contribution in [1.29, 1.82) is 0 Å². The molecule has 0 aliphatic heterocycles. The smallest absolute Gasteiger partial charge is 0.0637 e. The fourth-order valence-corrected chi connectivity index (χ4v) is 2.79. The second-order valence-corrected chi connectivity index (χ2v) is 5.95. The minimum Gasteiger partial charge on any atom is -0.383 e. The number of hydrogen-bond acceptors (Lipinski definition) is 4. The Balaban J connectivity index is 2.13. The van der Waals surface area contributed by atoms with Crippen molar-refractivity contribution < 1.29 is 4.74 Å². The van der Waals surface area contributed by atoms with Crippen LogP contribution in [0.4, 0.5) is 5.69 Å². The van der Waals surface area contributed by atoms with Crippen LogP contribution in [-0.2, 0) is 11.3 Å². The first-order valence-corrected chi connectivity index (χ1v) is 8.17. The van der Waals surface area contributed by atoms with Crippen molar-refractivity contribution in [2.45, 2.75) is 45.7 Å². The van der Waals surface area contributed by atoms with E-state index in [1.807, 2.05) is 12.4 Å². The van der Waals surface area contributed by atoms with Gasteiger partial charge in [0.15, 0.2) is 0 Å². The van der Waals surface area contributed by atoms with E-state index in [-0.39, 0.29) is 0 Å². The van der Waals surface area contributed by atoms with Gasteiger partial charge in [0.25, 0.3) is 0 Å². The predicted octanol–water partition coefficient (Wildman–Crippen LogP) is 2.83. The highest BCUT2D eigenvalue weighted by atomic mass is 16.5. The van der Waals surface area contributed by atoms with E-state index in [0.717, 1.165) is 38.6 Å². The number of aromatic nitrogens is 1. The van der Waals surface area contributed by atoms with Crippen LogP contribution < -0.4 is 10.2 Å². The lowest BCUT2D eigenvalue weighted by atomic mass is 10.1. The summed E-state index contributed by atoms with van der Waals surface area (Å²) in [4.78, 5) is 6.84. The van der Waals surface area contributed by atoms with Crippen LogP contribution in [0.3, 0.4) is 0 Å². The molecule has 1 atom stereocenters. The van der Waals surface area contributed by atoms with Crippen LogP contribution in [0.1, 0.15) is 38.7 Å². The van der Waals surface area contributed by atoms with E-state index in [0.29, 0.717) is 6.04 Å². The second-order valence-electron chi connectivity index (χ2n) is 5.95. The van der Waals surface area contributed by atoms with Crippen LogP contribution in [0.5, 0.6) is 0 Å². The van der Waals surface area contributed by atoms with Crippen molar-refractivity contribution in [2.24, 2.45) is 5.92 Å². The molecule has 1 aromatic heterocycles. The number of nitrogens with zero attached hydrogens (tertiary/aromatic N) is 2. The molecule has 2 rings (SSSR count). The highest BCUT2D eigenvalue weighted by Crippen LogP contribution is 2.37. The average Bonchev–Trinajstić information content (AvgIpc) is 3.34. The molecule has 0 bridgehead atoms. The molecule has 1 unspecified atom stereocenters. The zero-order chi connectivity index (χ0) is 15.1. The van der Waals surface area contributed by atoms with Gasteiger partial charge in [-0.15, -0.1) is 0 Å². The first kappa shape index (κ1) is 16.2. The van der Waals surface area contributed by atoms with Crippen molar-refractivity contribution in [2.75, 3.05) is 31.7 Å². The standard InChI is InChI=1S/C17H29N3O/c1-4-8-18-12-16-7-9-19-13-17(16)20(10-11-21-3)14(2)15-5-6-15/h7,9,13-15,18H,4-6,8,10-12H2,1-3H3. The van der Waals surface area contributed by atoms with Crippen molar-refractivity contribution in [1.82, 2.24) is 10.3 Å². The van der Waals surface area contributed by atoms with Gasteiger partial charge in [0.05, 0.1) is 18.5 Å². The highest BCUT2D eigenvalue weighted by molar-refractivity contribution is 5.52. The van der Waals surface area contributed by atoms with E-state index < -0.39 is 0 Å². The van der Waals surface area contributed by atoms with E-state index in [2.05, 4.69) is 35.1 Å². The third-order valence-corrected chi connectivity index (χ3v) is 4.27. The molecule has 0 aromatic carbocycles. The molecule has 21 heavy (non-hydrogen) atoms. The monoisotopic (exact) mass is 291 g/mol. The summed E-state index contributed by atoms with van der Waals surface area (Å²) >= 11 is 0. The fraction of sp³-hybridized carbons (Fsp3) is 0.706. The third-order valence-electron chi connectivity index (χ3n) is 4.27. The molecule has 1 N–H and O–H groups in total. The molecule has 1 fully saturated rings. The van der Waals surface area contributed by atoms with Gasteiger partial charge >= 0.3 is 0 Å². The summed E-state index contributed by atoms with van der Waals surface area (Å²) in [5, 5.41) is 3.50. The normalized spacial score (nSPS) is 16.0. The number of anilines is 1. The van der Waals surface area contributed by atoms with E-state index >= 15 is 0 Å². The molecule has 0 spiro atoms. The molecular formula is C17H29N3O. The number of pyridine rings is 1. The van der Waals surface area contributed by atoms with Gasteiger partial charge in [-0.05, 0) is 50.3 Å². The van der Waals surface area contributed by atoms with Crippen LogP contribution in [0, 0.1) is 5.92 Å². The topological polar surface area (TPSA) is 37.4 Å². The molecular weight excluding hydrogens is 262 g/mol. The SMILES string of the molecule is CCCNCc1ccncc1N(CCOC)C(C)C1CC1. The van der Waals surface area contributed by atoms with Crippen molar-refractivity contribution in [3.63, 3.8) is 0 Å². The summed E-state index contributed by atoms with van der Waals surface area (Å²) in [5.41, 5.74) is 2.60. The predicted molar refractivity (Wildman–Crippen MR) is 87.6 cm³/mol. The van der Waals surface area contributed by atoms with Crippen molar-refractivity contribution >= 4 is 5.69 Å². The Labute approximate surface area is 128 Å². The molecule has 4 nitrogen and oxygen atoms in total. The number of methoxy groups -OCH3 is 1. The zero-order valence-electron chi connectivity index (χ0n) is 13.6. The summed E-state index contributed by atoms with van der Waals surface area (Å²) in [6, 6.07) is 2.70. The Morgan fingerprint density at radius 1 is 1.48 bits per heavy atom. The molecule has 1 aliphatic rings. The van der Waals surface area contributed by atoms with Gasteiger partial charge in [-0.2, -0.15) is 0 Å². The second kappa shape index (κ2) is 8.35. The summed E-state index contributed by atoms with van der Waals surface area (Å²) < 4.78 is 5.30. The first-order valence-electron chi connectivity index (χ1n) is 8.17. The van der Waals surface area contributed by atoms with Crippen LogP contribution in [0.15, 0.2) is 18.5 Å². The molecule has 1 heterocycles. The summed E-state index contributed by atoms with van der Waals surface area (Å²) in [5.74, 6) is 0.832. The van der Waals surface area contributed by atoms with Crippen LogP contribution >= 0.6 is 0 Å². The minimum atomic E-state index is 0.564. The molecule has 0 saturated heterocycles. The van der Waals surface area contributed by atoms with Crippen molar-refractivity contribution in [3.8, 4) is 0 Å². The molecule has 0 radical (unpaired) electrons. The average molecular weight is 291 g/mol. The summed E-state index contributed by atoms with van der Waals surface area (Å²) in [6.45, 7) is 8.18. The Morgan fingerprint density at radius 2 is 2.29 bits per heavy atom. The zero-order valence-corrected chi connectivity index (χ0v) is 13.6. The van der Waals surface area contributed by atoms with Crippen LogP contribution in [0.25, 0.3) is 0 Å². The highest BCUT2D eigenvalue weighted by Gasteiger charge is 2.32. The lowest BCUT2D eigenvalue weighted by Crippen LogP contribution is -2.38. The van der Waals surface area contributed by atoms with Crippen molar-refractivity contribution in [3.05, 3.63) is 24.0 Å². The van der Waals surface area contributed by atoms with Gasteiger partial charge in [0, 0.05) is 32.4 Å². The number of hydrogen-bond donors (Lipinski definition) is 1. The summed E-state index contributed by atoms with van der Waals surface area (Å²) in [6.07, 6.45) is 7.77. The van der Waals surface area contributed by atoms with Gasteiger partial charge in [-0.3, -0.25) is 4.98 Å². The molecule has 118 valence electrons. The number of ether oxygens (including phenoxy) is 1. The van der Waals surface area contributed by atoms with Gasteiger partial charge in [0.2, 0.25) is 0 Å². The number of rotatable bonds is 10. The van der Waals surface area contributed by atoms with Crippen LogP contribution in [-0.4, -0.2) is 37.8 Å². The molecule has 4 heteroatoms. The Hall–Kier alpha value is -1.13. The Morgan fingerprint density at radius 3 is 2.95 bits per heavy atom. The quantitative estimate of drug-likeness (QED) is 0.673. The minimum absolute atomic E-state index is 0.564. The third kappa shape index (κ3) is 4.68. The van der Waals surface area contributed by atoms with E-state index in [1.54, 1.807) is 7.11 Å². The van der Waals surface area contributed by atoms with Crippen LogP contribution in [0.2, 0.25) is 0 Å². The van der Waals surface area contributed by atoms with E-state index in [9.17, 15) is 0 Å². The van der Waals surface area contributed by atoms with E-state index in [4.69, 9.17) is 4.74 Å². The first-order chi connectivity index (χ1) is 10.3. The van der Waals surface area contributed by atoms with Gasteiger partial charge in [-0.1, -0.05) is 6.92 Å². The molecule has 0 amide bonds. The Kier molecular flexibility index (Phi) is 6.46. The van der Waals surface area contributed by atoms with Gasteiger partial charge in [-0.25, -0.2) is 0 Å². The Bertz CT molecular complexity index is 420. The van der Waals surface area contributed by atoms with E-state index in [1.165, 1.54) is 24.1 Å². The fourth-order valence-electron chi connectivity index (χ4n) is 2.79. The van der Waals surface area contributed by atoms with Gasteiger partial charge in [0.1, 0.15) is 0 Å². The van der Waals surface area contributed by atoms with Gasteiger partial charge < -0.3 is 15.0 Å². The maximum absolute atomic E-state index is 5.30. The molecule has 1 saturated carbocycles. The maximum atomic E-state index is 5.30. The largest absolute Gasteiger partial charge is 0.383 e. The lowest BCUT2D eigenvalue weighted by Gasteiger charge is -2.32. The number of nitrogens with one attached hydrogen (secondary N) is 1. The molecule has 1 aliphatic carbocycles. The summed E-state index contributed by atoms with van der Waals surface area (Å²) in [7, 11) is 1.77.